The van der Waals surface area contributed by atoms with Crippen LogP contribution >= 0.6 is 15.9 Å². The van der Waals surface area contributed by atoms with Gasteiger partial charge in [-0.25, -0.2) is 4.68 Å². The predicted molar refractivity (Wildman–Crippen MR) is 87.0 cm³/mol. The average molecular weight is 359 g/mol. The lowest BCUT2D eigenvalue weighted by Crippen LogP contribution is -2.47. The number of methoxy groups -OCH3 is 1. The number of rotatable bonds is 6. The zero-order valence-electron chi connectivity index (χ0n) is 12.6. The predicted octanol–water partition coefficient (Wildman–Crippen LogP) is 1.23. The monoisotopic (exact) mass is 358 g/mol. The number of nitrogens with zero attached hydrogens (tertiary/aromatic N) is 3. The summed E-state index contributed by atoms with van der Waals surface area (Å²) in [5, 5.41) is 7.69. The fraction of sp³-hybridized carbons (Fsp3) is 0.714. The highest BCUT2D eigenvalue weighted by Crippen LogP contribution is 2.25. The average Bonchev–Trinajstić information content (AvgIpc) is 2.52. The van der Waals surface area contributed by atoms with Crippen LogP contribution in [0.4, 0.5) is 5.69 Å². The first-order valence-corrected chi connectivity index (χ1v) is 8.20. The molecule has 7 heteroatoms. The summed E-state index contributed by atoms with van der Waals surface area (Å²) < 4.78 is 7.02. The van der Waals surface area contributed by atoms with Gasteiger partial charge in [0, 0.05) is 26.2 Å². The molecule has 21 heavy (non-hydrogen) atoms. The van der Waals surface area contributed by atoms with Gasteiger partial charge in [0.15, 0.2) is 0 Å². The van der Waals surface area contributed by atoms with Crippen molar-refractivity contribution in [3.8, 4) is 0 Å². The Kier molecular flexibility index (Phi) is 6.20. The van der Waals surface area contributed by atoms with Crippen LogP contribution in [-0.2, 0) is 11.3 Å². The van der Waals surface area contributed by atoms with Gasteiger partial charge in [0.05, 0.1) is 25.0 Å². The van der Waals surface area contributed by atoms with Crippen LogP contribution in [0.25, 0.3) is 0 Å². The maximum Gasteiger partial charge on any atom is 0.283 e. The van der Waals surface area contributed by atoms with E-state index in [4.69, 9.17) is 4.74 Å². The summed E-state index contributed by atoms with van der Waals surface area (Å²) in [6, 6.07) is 0.413. The fourth-order valence-electron chi connectivity index (χ4n) is 2.72. The molecule has 1 N–H and O–H groups in total. The van der Waals surface area contributed by atoms with Crippen LogP contribution in [0.15, 0.2) is 15.5 Å². The third kappa shape index (κ3) is 3.84. The summed E-state index contributed by atoms with van der Waals surface area (Å²) in [6.07, 6.45) is 4.08. The van der Waals surface area contributed by atoms with Crippen LogP contribution in [-0.4, -0.2) is 49.2 Å². The third-order valence-corrected chi connectivity index (χ3v) is 4.58. The Bertz CT molecular complexity index is 514. The Balaban J connectivity index is 2.25. The number of piperidine rings is 1. The first kappa shape index (κ1) is 16.5. The summed E-state index contributed by atoms with van der Waals surface area (Å²) in [4.78, 5) is 14.6. The van der Waals surface area contributed by atoms with Crippen molar-refractivity contribution in [2.24, 2.45) is 0 Å². The summed E-state index contributed by atoms with van der Waals surface area (Å²) in [7, 11) is 1.61. The minimum Gasteiger partial charge on any atom is -0.383 e. The molecule has 1 fully saturated rings. The van der Waals surface area contributed by atoms with Gasteiger partial charge in [-0.05, 0) is 42.2 Å². The lowest BCUT2D eigenvalue weighted by molar-refractivity contribution is 0.181. The number of anilines is 1. The SMILES string of the molecule is CCN(c1cnn(CCOC)c(=O)c1Br)C1CCCNC1. The van der Waals surface area contributed by atoms with Crippen LogP contribution in [0.3, 0.4) is 0 Å². The van der Waals surface area contributed by atoms with E-state index in [9.17, 15) is 4.79 Å². The molecule has 1 aliphatic heterocycles. The molecule has 1 atom stereocenters. The van der Waals surface area contributed by atoms with Crippen molar-refractivity contribution in [1.29, 1.82) is 0 Å². The van der Waals surface area contributed by atoms with Gasteiger partial charge in [-0.15, -0.1) is 0 Å². The zero-order chi connectivity index (χ0) is 15.2. The molecule has 1 aliphatic rings. The molecule has 0 aromatic carbocycles. The smallest absolute Gasteiger partial charge is 0.283 e. The molecule has 1 saturated heterocycles. The van der Waals surface area contributed by atoms with E-state index in [-0.39, 0.29) is 5.56 Å². The largest absolute Gasteiger partial charge is 0.383 e. The summed E-state index contributed by atoms with van der Waals surface area (Å²) in [5.41, 5.74) is 0.775. The fourth-order valence-corrected chi connectivity index (χ4v) is 3.25. The number of hydrogen-bond donors (Lipinski definition) is 1. The molecule has 1 aromatic rings. The van der Waals surface area contributed by atoms with Gasteiger partial charge in [-0.3, -0.25) is 4.79 Å². The maximum absolute atomic E-state index is 12.4. The highest BCUT2D eigenvalue weighted by Gasteiger charge is 2.23. The first-order valence-electron chi connectivity index (χ1n) is 7.41. The van der Waals surface area contributed by atoms with Crippen LogP contribution < -0.4 is 15.8 Å². The number of aromatic nitrogens is 2. The number of ether oxygens (including phenoxy) is 1. The standard InChI is InChI=1S/C14H23BrN4O2/c1-3-18(11-5-4-6-16-9-11)12-10-17-19(7-8-21-2)14(20)13(12)15/h10-11,16H,3-9H2,1-2H3. The summed E-state index contributed by atoms with van der Waals surface area (Å²) in [6.45, 7) is 5.93. The molecule has 0 amide bonds. The number of nitrogens with one attached hydrogen (secondary N) is 1. The molecular formula is C14H23BrN4O2. The quantitative estimate of drug-likeness (QED) is 0.828. The van der Waals surface area contributed by atoms with Crippen molar-refractivity contribution in [3.63, 3.8) is 0 Å². The van der Waals surface area contributed by atoms with Gasteiger partial charge < -0.3 is 15.0 Å². The van der Waals surface area contributed by atoms with Gasteiger partial charge >= 0.3 is 0 Å². The van der Waals surface area contributed by atoms with E-state index in [0.717, 1.165) is 38.2 Å². The molecule has 6 nitrogen and oxygen atoms in total. The second kappa shape index (κ2) is 7.91. The molecule has 0 bridgehead atoms. The summed E-state index contributed by atoms with van der Waals surface area (Å²) >= 11 is 3.45. The van der Waals surface area contributed by atoms with E-state index in [1.54, 1.807) is 13.3 Å². The van der Waals surface area contributed by atoms with Crippen LogP contribution in [0.5, 0.6) is 0 Å². The van der Waals surface area contributed by atoms with Gasteiger partial charge in [0.1, 0.15) is 4.47 Å². The molecule has 0 aliphatic carbocycles. The van der Waals surface area contributed by atoms with Crippen molar-refractivity contribution in [1.82, 2.24) is 15.1 Å². The maximum atomic E-state index is 12.4. The Hall–Kier alpha value is -0.920. The van der Waals surface area contributed by atoms with E-state index in [1.807, 2.05) is 0 Å². The first-order chi connectivity index (χ1) is 10.2. The van der Waals surface area contributed by atoms with E-state index >= 15 is 0 Å². The van der Waals surface area contributed by atoms with E-state index in [2.05, 4.69) is 38.2 Å². The van der Waals surface area contributed by atoms with Crippen molar-refractivity contribution in [2.45, 2.75) is 32.4 Å². The van der Waals surface area contributed by atoms with Crippen molar-refractivity contribution < 1.29 is 4.74 Å². The molecular weight excluding hydrogens is 336 g/mol. The van der Waals surface area contributed by atoms with Gasteiger partial charge in [-0.2, -0.15) is 5.10 Å². The van der Waals surface area contributed by atoms with E-state index in [0.29, 0.717) is 23.7 Å². The molecule has 1 unspecified atom stereocenters. The lowest BCUT2D eigenvalue weighted by Gasteiger charge is -2.35. The van der Waals surface area contributed by atoms with Crippen LogP contribution in [0, 0.1) is 0 Å². The van der Waals surface area contributed by atoms with Gasteiger partial charge in [0.2, 0.25) is 0 Å². The Labute approximate surface area is 133 Å². The highest BCUT2D eigenvalue weighted by atomic mass is 79.9. The van der Waals surface area contributed by atoms with Crippen LogP contribution in [0.2, 0.25) is 0 Å². The molecule has 2 heterocycles. The molecule has 0 radical (unpaired) electrons. The minimum atomic E-state index is -0.105. The Morgan fingerprint density at radius 3 is 3.05 bits per heavy atom. The normalized spacial score (nSPS) is 18.7. The molecule has 0 spiro atoms. The van der Waals surface area contributed by atoms with Crippen LogP contribution in [0.1, 0.15) is 19.8 Å². The second-order valence-corrected chi connectivity index (χ2v) is 5.94. The molecule has 2 rings (SSSR count). The Morgan fingerprint density at radius 2 is 2.43 bits per heavy atom. The zero-order valence-corrected chi connectivity index (χ0v) is 14.2. The number of halogens is 1. The van der Waals surface area contributed by atoms with Gasteiger partial charge in [0.25, 0.3) is 5.56 Å². The van der Waals surface area contributed by atoms with Gasteiger partial charge in [-0.1, -0.05) is 0 Å². The third-order valence-electron chi connectivity index (χ3n) is 3.84. The minimum absolute atomic E-state index is 0.105. The summed E-state index contributed by atoms with van der Waals surface area (Å²) in [5.74, 6) is 0. The highest BCUT2D eigenvalue weighted by molar-refractivity contribution is 9.10. The number of hydrogen-bond acceptors (Lipinski definition) is 5. The Morgan fingerprint density at radius 1 is 1.62 bits per heavy atom. The second-order valence-electron chi connectivity index (χ2n) is 5.15. The van der Waals surface area contributed by atoms with E-state index in [1.165, 1.54) is 4.68 Å². The molecule has 118 valence electrons. The van der Waals surface area contributed by atoms with Crippen molar-refractivity contribution >= 4 is 21.6 Å². The van der Waals surface area contributed by atoms with E-state index < -0.39 is 0 Å². The lowest BCUT2D eigenvalue weighted by atomic mass is 10.1. The molecule has 1 aromatic heterocycles. The molecule has 0 saturated carbocycles. The van der Waals surface area contributed by atoms with Crippen molar-refractivity contribution in [3.05, 3.63) is 21.0 Å². The number of likely N-dealkylation sites (N-methyl/N-ethyl adjacent to an activating group) is 1. The topological polar surface area (TPSA) is 59.4 Å². The van der Waals surface area contributed by atoms with Crippen molar-refractivity contribution in [2.75, 3.05) is 38.3 Å².